The van der Waals surface area contributed by atoms with E-state index in [2.05, 4.69) is 21.5 Å². The summed E-state index contributed by atoms with van der Waals surface area (Å²) in [4.78, 5) is 12.6. The van der Waals surface area contributed by atoms with Crippen molar-refractivity contribution in [2.24, 2.45) is 0 Å². The summed E-state index contributed by atoms with van der Waals surface area (Å²) in [5.41, 5.74) is 1.20. The SMILES string of the molecule is C=CCNC(=O)c1nnsc1-c1ccc(Cl)cc1. The summed E-state index contributed by atoms with van der Waals surface area (Å²) in [6.45, 7) is 3.94. The van der Waals surface area contributed by atoms with Gasteiger partial charge in [0.25, 0.3) is 5.91 Å². The summed E-state index contributed by atoms with van der Waals surface area (Å²) in [5, 5.41) is 7.18. The molecule has 0 fully saturated rings. The number of hydrogen-bond acceptors (Lipinski definition) is 4. The Kier molecular flexibility index (Phi) is 4.07. The topological polar surface area (TPSA) is 54.9 Å². The molecule has 1 amide bonds. The second kappa shape index (κ2) is 5.75. The molecule has 0 saturated heterocycles. The third-order valence-electron chi connectivity index (χ3n) is 2.22. The Labute approximate surface area is 113 Å². The summed E-state index contributed by atoms with van der Waals surface area (Å²) in [6, 6.07) is 7.20. The quantitative estimate of drug-likeness (QED) is 0.876. The van der Waals surface area contributed by atoms with Gasteiger partial charge in [0.2, 0.25) is 0 Å². The fourth-order valence-corrected chi connectivity index (χ4v) is 2.17. The Morgan fingerprint density at radius 3 is 2.83 bits per heavy atom. The number of nitrogens with zero attached hydrogens (tertiary/aromatic N) is 2. The van der Waals surface area contributed by atoms with Crippen LogP contribution in [-0.2, 0) is 0 Å². The molecule has 18 heavy (non-hydrogen) atoms. The molecule has 0 aliphatic rings. The molecule has 2 aromatic rings. The Morgan fingerprint density at radius 2 is 2.17 bits per heavy atom. The van der Waals surface area contributed by atoms with E-state index in [1.54, 1.807) is 18.2 Å². The summed E-state index contributed by atoms with van der Waals surface area (Å²) >= 11 is 7.01. The normalized spacial score (nSPS) is 10.1. The van der Waals surface area contributed by atoms with Crippen LogP contribution in [0.15, 0.2) is 36.9 Å². The molecular weight excluding hydrogens is 270 g/mol. The molecule has 0 aliphatic carbocycles. The van der Waals surface area contributed by atoms with Crippen molar-refractivity contribution in [3.63, 3.8) is 0 Å². The highest BCUT2D eigenvalue weighted by molar-refractivity contribution is 7.09. The molecule has 0 aliphatic heterocycles. The molecule has 2 rings (SSSR count). The van der Waals surface area contributed by atoms with E-state index in [4.69, 9.17) is 11.6 Å². The van der Waals surface area contributed by atoms with Gasteiger partial charge in [0, 0.05) is 11.6 Å². The Morgan fingerprint density at radius 1 is 1.44 bits per heavy atom. The standard InChI is InChI=1S/C12H10ClN3OS/c1-2-7-14-12(17)10-11(18-16-15-10)8-3-5-9(13)6-4-8/h2-6H,1,7H2,(H,14,17). The number of halogens is 1. The molecular formula is C12H10ClN3OS. The lowest BCUT2D eigenvalue weighted by Crippen LogP contribution is -2.24. The summed E-state index contributed by atoms with van der Waals surface area (Å²) in [6.07, 6.45) is 1.61. The molecule has 6 heteroatoms. The van der Waals surface area contributed by atoms with E-state index < -0.39 is 0 Å². The largest absolute Gasteiger partial charge is 0.347 e. The third-order valence-corrected chi connectivity index (χ3v) is 3.24. The van der Waals surface area contributed by atoms with Gasteiger partial charge >= 0.3 is 0 Å². The highest BCUT2D eigenvalue weighted by atomic mass is 35.5. The van der Waals surface area contributed by atoms with Crippen LogP contribution in [0.2, 0.25) is 5.02 Å². The Balaban J connectivity index is 2.29. The van der Waals surface area contributed by atoms with Gasteiger partial charge in [0.05, 0.1) is 4.88 Å². The fraction of sp³-hybridized carbons (Fsp3) is 0.0833. The van der Waals surface area contributed by atoms with Crippen molar-refractivity contribution >= 4 is 29.0 Å². The van der Waals surface area contributed by atoms with Crippen LogP contribution >= 0.6 is 23.1 Å². The fourth-order valence-electron chi connectivity index (χ4n) is 1.38. The second-order valence-corrected chi connectivity index (χ2v) is 4.65. The molecule has 0 bridgehead atoms. The van der Waals surface area contributed by atoms with Gasteiger partial charge in [-0.1, -0.05) is 34.3 Å². The molecule has 92 valence electrons. The third kappa shape index (κ3) is 2.75. The highest BCUT2D eigenvalue weighted by Crippen LogP contribution is 2.27. The van der Waals surface area contributed by atoms with Crippen molar-refractivity contribution in [3.8, 4) is 10.4 Å². The number of carbonyl (C=O) groups is 1. The lowest BCUT2D eigenvalue weighted by molar-refractivity contribution is 0.0953. The van der Waals surface area contributed by atoms with Crippen molar-refractivity contribution in [1.29, 1.82) is 0 Å². The average molecular weight is 280 g/mol. The maximum Gasteiger partial charge on any atom is 0.273 e. The van der Waals surface area contributed by atoms with E-state index in [1.807, 2.05) is 12.1 Å². The van der Waals surface area contributed by atoms with Crippen molar-refractivity contribution in [2.45, 2.75) is 0 Å². The van der Waals surface area contributed by atoms with Crippen LogP contribution in [0.4, 0.5) is 0 Å². The van der Waals surface area contributed by atoms with Crippen molar-refractivity contribution in [2.75, 3.05) is 6.54 Å². The lowest BCUT2D eigenvalue weighted by Gasteiger charge is -2.02. The van der Waals surface area contributed by atoms with Crippen molar-refractivity contribution in [3.05, 3.63) is 47.6 Å². The maximum absolute atomic E-state index is 11.8. The van der Waals surface area contributed by atoms with Gasteiger partial charge in [-0.3, -0.25) is 4.79 Å². The van der Waals surface area contributed by atoms with Crippen LogP contribution in [0.3, 0.4) is 0 Å². The molecule has 1 heterocycles. The number of amides is 1. The van der Waals surface area contributed by atoms with Crippen LogP contribution in [0.5, 0.6) is 0 Å². The molecule has 4 nitrogen and oxygen atoms in total. The molecule has 1 N–H and O–H groups in total. The molecule has 0 saturated carbocycles. The van der Waals surface area contributed by atoms with Crippen LogP contribution in [0.1, 0.15) is 10.5 Å². The van der Waals surface area contributed by atoms with Crippen LogP contribution in [0, 0.1) is 0 Å². The van der Waals surface area contributed by atoms with Crippen LogP contribution < -0.4 is 5.32 Å². The summed E-state index contributed by atoms with van der Waals surface area (Å²) < 4.78 is 3.82. The van der Waals surface area contributed by atoms with Gasteiger partial charge in [-0.05, 0) is 29.2 Å². The van der Waals surface area contributed by atoms with Gasteiger partial charge in [0.15, 0.2) is 5.69 Å². The smallest absolute Gasteiger partial charge is 0.273 e. The molecule has 0 radical (unpaired) electrons. The first-order valence-electron chi connectivity index (χ1n) is 5.19. The lowest BCUT2D eigenvalue weighted by atomic mass is 10.1. The molecule has 1 aromatic carbocycles. The van der Waals surface area contributed by atoms with E-state index in [1.165, 1.54) is 11.5 Å². The first-order chi connectivity index (χ1) is 8.72. The number of carbonyl (C=O) groups excluding carboxylic acids is 1. The maximum atomic E-state index is 11.8. The number of nitrogens with one attached hydrogen (secondary N) is 1. The Hall–Kier alpha value is -1.72. The zero-order valence-corrected chi connectivity index (χ0v) is 11.0. The predicted molar refractivity (Wildman–Crippen MR) is 72.9 cm³/mol. The van der Waals surface area contributed by atoms with Gasteiger partial charge in [0.1, 0.15) is 0 Å². The highest BCUT2D eigenvalue weighted by Gasteiger charge is 2.17. The van der Waals surface area contributed by atoms with Gasteiger partial charge in [-0.15, -0.1) is 11.7 Å². The monoisotopic (exact) mass is 279 g/mol. The number of rotatable bonds is 4. The van der Waals surface area contributed by atoms with Gasteiger partial charge < -0.3 is 5.32 Å². The van der Waals surface area contributed by atoms with Crippen LogP contribution in [-0.4, -0.2) is 22.0 Å². The first kappa shape index (κ1) is 12.7. The van der Waals surface area contributed by atoms with Crippen LogP contribution in [0.25, 0.3) is 10.4 Å². The van der Waals surface area contributed by atoms with E-state index in [-0.39, 0.29) is 5.91 Å². The van der Waals surface area contributed by atoms with Crippen molar-refractivity contribution < 1.29 is 4.79 Å². The number of hydrogen-bond donors (Lipinski definition) is 1. The average Bonchev–Trinajstić information content (AvgIpc) is 2.86. The van der Waals surface area contributed by atoms with Crippen molar-refractivity contribution in [1.82, 2.24) is 14.9 Å². The second-order valence-electron chi connectivity index (χ2n) is 3.46. The zero-order chi connectivity index (χ0) is 13.0. The van der Waals surface area contributed by atoms with E-state index in [0.29, 0.717) is 17.3 Å². The summed E-state index contributed by atoms with van der Waals surface area (Å²) in [7, 11) is 0. The molecule has 0 spiro atoms. The minimum atomic E-state index is -0.256. The Bertz CT molecular complexity index is 565. The molecule has 1 aromatic heterocycles. The molecule has 0 unspecified atom stereocenters. The van der Waals surface area contributed by atoms with E-state index in [9.17, 15) is 4.79 Å². The minimum Gasteiger partial charge on any atom is -0.347 e. The van der Waals surface area contributed by atoms with Gasteiger partial charge in [-0.25, -0.2) is 0 Å². The zero-order valence-electron chi connectivity index (χ0n) is 9.39. The van der Waals surface area contributed by atoms with Gasteiger partial charge in [-0.2, -0.15) is 0 Å². The number of benzene rings is 1. The number of aromatic nitrogens is 2. The minimum absolute atomic E-state index is 0.256. The van der Waals surface area contributed by atoms with E-state index >= 15 is 0 Å². The molecule has 0 atom stereocenters. The first-order valence-corrected chi connectivity index (χ1v) is 6.35. The predicted octanol–water partition coefficient (Wildman–Crippen LogP) is 2.77. The van der Waals surface area contributed by atoms with E-state index in [0.717, 1.165) is 10.4 Å². The summed E-state index contributed by atoms with van der Waals surface area (Å²) in [5.74, 6) is -0.256.